The summed E-state index contributed by atoms with van der Waals surface area (Å²) in [6.45, 7) is 1.13. The fourth-order valence-corrected chi connectivity index (χ4v) is 2.57. The molecule has 2 aromatic carbocycles. The van der Waals surface area contributed by atoms with Crippen LogP contribution in [0.1, 0.15) is 16.7 Å². The van der Waals surface area contributed by atoms with E-state index >= 15 is 0 Å². The fourth-order valence-electron chi connectivity index (χ4n) is 2.31. The molecule has 0 unspecified atom stereocenters. The molecule has 9 heteroatoms. The third-order valence-corrected chi connectivity index (χ3v) is 4.10. The Kier molecular flexibility index (Phi) is 5.47. The second-order valence-electron chi connectivity index (χ2n) is 5.06. The zero-order chi connectivity index (χ0) is 17.9. The molecule has 0 amide bonds. The van der Waals surface area contributed by atoms with Gasteiger partial charge in [-0.15, -0.1) is 0 Å². The van der Waals surface area contributed by atoms with Gasteiger partial charge >= 0.3 is 5.69 Å². The van der Waals surface area contributed by atoms with Crippen LogP contribution in [-0.2, 0) is 13.2 Å². The van der Waals surface area contributed by atoms with Crippen molar-refractivity contribution in [2.24, 2.45) is 0 Å². The van der Waals surface area contributed by atoms with Gasteiger partial charge in [0, 0.05) is 22.6 Å². The molecule has 0 aliphatic carbocycles. The van der Waals surface area contributed by atoms with Crippen molar-refractivity contribution in [1.29, 1.82) is 0 Å². The molecule has 2 aromatic rings. The number of nitrogens with zero attached hydrogens (tertiary/aromatic N) is 2. The Balaban J connectivity index is 2.49. The topological polar surface area (TPSA) is 119 Å². The first-order valence-corrected chi connectivity index (χ1v) is 7.69. The molecule has 24 heavy (non-hydrogen) atoms. The first-order chi connectivity index (χ1) is 11.3. The van der Waals surface area contributed by atoms with E-state index in [0.717, 1.165) is 16.1 Å². The van der Waals surface area contributed by atoms with Gasteiger partial charge in [0.2, 0.25) is 0 Å². The zero-order valence-corrected chi connectivity index (χ0v) is 14.2. The lowest BCUT2D eigenvalue weighted by molar-refractivity contribution is -0.392. The smallest absolute Gasteiger partial charge is 0.302 e. The van der Waals surface area contributed by atoms with E-state index in [-0.39, 0.29) is 23.4 Å². The number of nitro groups is 2. The molecule has 126 valence electrons. The highest BCUT2D eigenvalue weighted by Gasteiger charge is 2.29. The summed E-state index contributed by atoms with van der Waals surface area (Å²) < 4.78 is 0.881. The van der Waals surface area contributed by atoms with Gasteiger partial charge in [-0.05, 0) is 30.2 Å². The third kappa shape index (κ3) is 3.69. The van der Waals surface area contributed by atoms with Gasteiger partial charge in [0.15, 0.2) is 5.69 Å². The standard InChI is InChI=1S/C15H14BrN3O5/c1-9-11(8-20)6-13(18(21)22)14(15(9)19(23)24)17-7-10-2-4-12(16)5-3-10/h2-6,17,20H,7-8H2,1H3. The molecule has 0 atom stereocenters. The molecule has 0 saturated heterocycles. The van der Waals surface area contributed by atoms with E-state index in [9.17, 15) is 25.3 Å². The summed E-state index contributed by atoms with van der Waals surface area (Å²) in [4.78, 5) is 21.3. The normalized spacial score (nSPS) is 10.5. The average Bonchev–Trinajstić information content (AvgIpc) is 2.53. The molecule has 0 saturated carbocycles. The molecule has 0 aliphatic rings. The van der Waals surface area contributed by atoms with Crippen LogP contribution in [0, 0.1) is 27.2 Å². The van der Waals surface area contributed by atoms with E-state index < -0.39 is 27.8 Å². The van der Waals surface area contributed by atoms with Crippen molar-refractivity contribution in [3.05, 3.63) is 71.7 Å². The van der Waals surface area contributed by atoms with E-state index in [4.69, 9.17) is 0 Å². The number of aliphatic hydroxyl groups excluding tert-OH is 1. The summed E-state index contributed by atoms with van der Waals surface area (Å²) in [6.07, 6.45) is 0. The van der Waals surface area contributed by atoms with Crippen LogP contribution in [0.4, 0.5) is 17.1 Å². The van der Waals surface area contributed by atoms with Crippen molar-refractivity contribution in [3.8, 4) is 0 Å². The van der Waals surface area contributed by atoms with Crippen molar-refractivity contribution in [2.45, 2.75) is 20.1 Å². The van der Waals surface area contributed by atoms with Crippen LogP contribution in [-0.4, -0.2) is 15.0 Å². The maximum absolute atomic E-state index is 11.4. The first kappa shape index (κ1) is 17.8. The highest BCUT2D eigenvalue weighted by Crippen LogP contribution is 2.39. The molecule has 0 aliphatic heterocycles. The van der Waals surface area contributed by atoms with Crippen LogP contribution in [0.15, 0.2) is 34.8 Å². The van der Waals surface area contributed by atoms with E-state index in [2.05, 4.69) is 21.2 Å². The highest BCUT2D eigenvalue weighted by molar-refractivity contribution is 9.10. The summed E-state index contributed by atoms with van der Waals surface area (Å²) in [7, 11) is 0. The van der Waals surface area contributed by atoms with Crippen molar-refractivity contribution < 1.29 is 15.0 Å². The Bertz CT molecular complexity index is 793. The Morgan fingerprint density at radius 3 is 2.29 bits per heavy atom. The minimum Gasteiger partial charge on any atom is -0.392 e. The van der Waals surface area contributed by atoms with Crippen molar-refractivity contribution >= 4 is 33.0 Å². The average molecular weight is 396 g/mol. The van der Waals surface area contributed by atoms with Crippen LogP contribution >= 0.6 is 15.9 Å². The predicted molar refractivity (Wildman–Crippen MR) is 91.9 cm³/mol. The van der Waals surface area contributed by atoms with Crippen LogP contribution in [0.25, 0.3) is 0 Å². The molecule has 2 N–H and O–H groups in total. The highest BCUT2D eigenvalue weighted by atomic mass is 79.9. The van der Waals surface area contributed by atoms with Crippen LogP contribution in [0.5, 0.6) is 0 Å². The van der Waals surface area contributed by atoms with E-state index in [0.29, 0.717) is 0 Å². The molecular weight excluding hydrogens is 382 g/mol. The van der Waals surface area contributed by atoms with E-state index in [1.165, 1.54) is 6.92 Å². The summed E-state index contributed by atoms with van der Waals surface area (Å²) in [6, 6.07) is 8.36. The van der Waals surface area contributed by atoms with Crippen LogP contribution < -0.4 is 5.32 Å². The van der Waals surface area contributed by atoms with Gasteiger partial charge in [0.25, 0.3) is 5.69 Å². The lowest BCUT2D eigenvalue weighted by Gasteiger charge is -2.12. The van der Waals surface area contributed by atoms with Crippen molar-refractivity contribution in [2.75, 3.05) is 5.32 Å². The number of aliphatic hydroxyl groups is 1. The molecule has 8 nitrogen and oxygen atoms in total. The summed E-state index contributed by atoms with van der Waals surface area (Å²) in [5, 5.41) is 34.8. The summed E-state index contributed by atoms with van der Waals surface area (Å²) >= 11 is 3.31. The van der Waals surface area contributed by atoms with Crippen LogP contribution in [0.3, 0.4) is 0 Å². The van der Waals surface area contributed by atoms with Gasteiger partial charge in [-0.25, -0.2) is 0 Å². The van der Waals surface area contributed by atoms with Gasteiger partial charge in [-0.1, -0.05) is 28.1 Å². The second-order valence-corrected chi connectivity index (χ2v) is 5.97. The van der Waals surface area contributed by atoms with Gasteiger partial charge in [0.05, 0.1) is 16.5 Å². The van der Waals surface area contributed by atoms with E-state index in [1.807, 2.05) is 0 Å². The van der Waals surface area contributed by atoms with Gasteiger partial charge < -0.3 is 10.4 Å². The van der Waals surface area contributed by atoms with Crippen molar-refractivity contribution in [1.82, 2.24) is 0 Å². The lowest BCUT2D eigenvalue weighted by atomic mass is 10.0. The zero-order valence-electron chi connectivity index (χ0n) is 12.7. The molecule has 0 fully saturated rings. The minimum atomic E-state index is -0.699. The predicted octanol–water partition coefficient (Wildman–Crippen LogP) is 3.68. The second kappa shape index (κ2) is 7.37. The molecule has 0 bridgehead atoms. The maximum atomic E-state index is 11.4. The van der Waals surface area contributed by atoms with Crippen LogP contribution in [0.2, 0.25) is 0 Å². The minimum absolute atomic E-state index is 0.155. The molecule has 2 rings (SSSR count). The Morgan fingerprint density at radius 2 is 1.79 bits per heavy atom. The largest absolute Gasteiger partial charge is 0.392 e. The number of nitro benzene ring substituents is 2. The Hall–Kier alpha value is -2.52. The summed E-state index contributed by atoms with van der Waals surface area (Å²) in [5.74, 6) is 0. The number of hydrogen-bond acceptors (Lipinski definition) is 6. The van der Waals surface area contributed by atoms with Gasteiger partial charge in [-0.3, -0.25) is 20.2 Å². The number of rotatable bonds is 6. The van der Waals surface area contributed by atoms with Crippen molar-refractivity contribution in [3.63, 3.8) is 0 Å². The number of halogens is 1. The number of anilines is 1. The molecule has 0 spiro atoms. The quantitative estimate of drug-likeness (QED) is 0.568. The lowest BCUT2D eigenvalue weighted by Crippen LogP contribution is -2.09. The van der Waals surface area contributed by atoms with E-state index in [1.54, 1.807) is 24.3 Å². The van der Waals surface area contributed by atoms with Gasteiger partial charge in [-0.2, -0.15) is 0 Å². The molecule has 0 heterocycles. The fraction of sp³-hybridized carbons (Fsp3) is 0.200. The Morgan fingerprint density at radius 1 is 1.17 bits per heavy atom. The monoisotopic (exact) mass is 395 g/mol. The molecule has 0 radical (unpaired) electrons. The SMILES string of the molecule is Cc1c(CO)cc([N+](=O)[O-])c(NCc2ccc(Br)cc2)c1[N+](=O)[O-]. The molecule has 0 aromatic heterocycles. The number of nitrogens with one attached hydrogen (secondary N) is 1. The number of hydrogen-bond donors (Lipinski definition) is 2. The first-order valence-electron chi connectivity index (χ1n) is 6.89. The third-order valence-electron chi connectivity index (χ3n) is 3.57. The Labute approximate surface area is 145 Å². The maximum Gasteiger partial charge on any atom is 0.302 e. The number of benzene rings is 2. The summed E-state index contributed by atoms with van der Waals surface area (Å²) in [5.41, 5.74) is 0.168. The van der Waals surface area contributed by atoms with Gasteiger partial charge in [0.1, 0.15) is 0 Å². The molecular formula is C15H14BrN3O5.